The van der Waals surface area contributed by atoms with E-state index >= 15 is 0 Å². The lowest BCUT2D eigenvalue weighted by molar-refractivity contribution is -0.132. The molecular weight excluding hydrogens is 188 g/mol. The Balaban J connectivity index is 2.35. The molecule has 15 heavy (non-hydrogen) atoms. The Morgan fingerprint density at radius 2 is 2.47 bits per heavy atom. The van der Waals surface area contributed by atoms with E-state index in [0.29, 0.717) is 18.8 Å². The van der Waals surface area contributed by atoms with Crippen molar-refractivity contribution in [2.75, 3.05) is 26.7 Å². The number of nitrogens with zero attached hydrogens (tertiary/aromatic N) is 1. The lowest BCUT2D eigenvalue weighted by Gasteiger charge is -2.32. The summed E-state index contributed by atoms with van der Waals surface area (Å²) in [7, 11) is 1.96. The van der Waals surface area contributed by atoms with E-state index in [2.05, 4.69) is 11.2 Å². The van der Waals surface area contributed by atoms with E-state index in [-0.39, 0.29) is 5.91 Å². The van der Waals surface area contributed by atoms with Crippen LogP contribution in [0.4, 0.5) is 0 Å². The van der Waals surface area contributed by atoms with Crippen LogP contribution in [0.25, 0.3) is 0 Å². The molecule has 0 aromatic carbocycles. The number of carbonyl (C=O) groups excluding carboxylic acids is 1. The molecule has 0 radical (unpaired) electrons. The molecule has 1 N–H and O–H groups in total. The van der Waals surface area contributed by atoms with Crippen LogP contribution >= 0.6 is 0 Å². The number of amides is 1. The van der Waals surface area contributed by atoms with Gasteiger partial charge in [-0.25, -0.2) is 0 Å². The van der Waals surface area contributed by atoms with Gasteiger partial charge in [-0.2, -0.15) is 0 Å². The third-order valence-electron chi connectivity index (χ3n) is 2.85. The zero-order valence-electron chi connectivity index (χ0n) is 9.46. The minimum absolute atomic E-state index is 0.216. The SMILES string of the molecule is C#CCCC(=O)N1CCCC(CNC)C1. The molecule has 0 aromatic heterocycles. The standard InChI is InChI=1S/C12H20N2O/c1-3-4-7-12(15)14-8-5-6-11(10-14)9-13-2/h1,11,13H,4-10H2,2H3. The molecule has 0 saturated carbocycles. The molecule has 84 valence electrons. The largest absolute Gasteiger partial charge is 0.342 e. The van der Waals surface area contributed by atoms with Gasteiger partial charge in [0, 0.05) is 25.9 Å². The fourth-order valence-electron chi connectivity index (χ4n) is 2.08. The molecule has 3 heteroatoms. The van der Waals surface area contributed by atoms with Gasteiger partial charge in [0.2, 0.25) is 5.91 Å². The second-order valence-corrected chi connectivity index (χ2v) is 4.11. The minimum Gasteiger partial charge on any atom is -0.342 e. The molecule has 1 rings (SSSR count). The molecule has 0 aromatic rings. The van der Waals surface area contributed by atoms with Crippen LogP contribution in [-0.4, -0.2) is 37.5 Å². The zero-order chi connectivity index (χ0) is 11.1. The molecule has 0 spiro atoms. The maximum absolute atomic E-state index is 11.7. The minimum atomic E-state index is 0.216. The van der Waals surface area contributed by atoms with Gasteiger partial charge in [0.15, 0.2) is 0 Å². The topological polar surface area (TPSA) is 32.3 Å². The maximum atomic E-state index is 11.7. The lowest BCUT2D eigenvalue weighted by atomic mass is 9.97. The van der Waals surface area contributed by atoms with Crippen molar-refractivity contribution in [2.45, 2.75) is 25.7 Å². The Bertz CT molecular complexity index is 242. The predicted octanol–water partition coefficient (Wildman–Crippen LogP) is 0.858. The average molecular weight is 208 g/mol. The number of hydrogen-bond donors (Lipinski definition) is 1. The lowest BCUT2D eigenvalue weighted by Crippen LogP contribution is -2.42. The molecule has 1 saturated heterocycles. The predicted molar refractivity (Wildman–Crippen MR) is 61.3 cm³/mol. The molecule has 1 fully saturated rings. The molecule has 3 nitrogen and oxygen atoms in total. The van der Waals surface area contributed by atoms with Gasteiger partial charge in [0.05, 0.1) is 0 Å². The van der Waals surface area contributed by atoms with Crippen LogP contribution in [0, 0.1) is 18.3 Å². The van der Waals surface area contributed by atoms with Crippen LogP contribution in [0.3, 0.4) is 0 Å². The van der Waals surface area contributed by atoms with E-state index in [1.165, 1.54) is 6.42 Å². The number of hydrogen-bond acceptors (Lipinski definition) is 2. The average Bonchev–Trinajstić information content (AvgIpc) is 2.27. The van der Waals surface area contributed by atoms with Crippen LogP contribution in [-0.2, 0) is 4.79 Å². The molecule has 1 amide bonds. The Kier molecular flexibility index (Phi) is 5.20. The molecule has 1 aliphatic rings. The fourth-order valence-corrected chi connectivity index (χ4v) is 2.08. The van der Waals surface area contributed by atoms with Crippen LogP contribution in [0.5, 0.6) is 0 Å². The summed E-state index contributed by atoms with van der Waals surface area (Å²) in [6, 6.07) is 0. The summed E-state index contributed by atoms with van der Waals surface area (Å²) in [6.45, 7) is 2.80. The molecule has 1 unspecified atom stereocenters. The van der Waals surface area contributed by atoms with Crippen molar-refractivity contribution < 1.29 is 4.79 Å². The normalized spacial score (nSPS) is 21.1. The summed E-state index contributed by atoms with van der Waals surface area (Å²) in [5.41, 5.74) is 0. The van der Waals surface area contributed by atoms with E-state index in [4.69, 9.17) is 6.42 Å². The number of piperidine rings is 1. The number of likely N-dealkylation sites (tertiary alicyclic amines) is 1. The van der Waals surface area contributed by atoms with Crippen LogP contribution in [0.15, 0.2) is 0 Å². The second-order valence-electron chi connectivity index (χ2n) is 4.11. The van der Waals surface area contributed by atoms with Gasteiger partial charge >= 0.3 is 0 Å². The van der Waals surface area contributed by atoms with Gasteiger partial charge in [-0.1, -0.05) is 0 Å². The van der Waals surface area contributed by atoms with Crippen LogP contribution < -0.4 is 5.32 Å². The Labute approximate surface area is 92.2 Å². The van der Waals surface area contributed by atoms with Crippen LogP contribution in [0.2, 0.25) is 0 Å². The second kappa shape index (κ2) is 6.47. The fraction of sp³-hybridized carbons (Fsp3) is 0.750. The summed E-state index contributed by atoms with van der Waals surface area (Å²) in [4.78, 5) is 13.7. The third kappa shape index (κ3) is 3.93. The monoisotopic (exact) mass is 208 g/mol. The quantitative estimate of drug-likeness (QED) is 0.695. The third-order valence-corrected chi connectivity index (χ3v) is 2.85. The van der Waals surface area contributed by atoms with Crippen molar-refractivity contribution >= 4 is 5.91 Å². The number of carbonyl (C=O) groups is 1. The zero-order valence-corrected chi connectivity index (χ0v) is 9.46. The van der Waals surface area contributed by atoms with Gasteiger partial charge < -0.3 is 10.2 Å². The maximum Gasteiger partial charge on any atom is 0.223 e. The van der Waals surface area contributed by atoms with Gasteiger partial charge in [0.1, 0.15) is 0 Å². The number of rotatable bonds is 4. The molecule has 0 bridgehead atoms. The van der Waals surface area contributed by atoms with Crippen molar-refractivity contribution in [1.29, 1.82) is 0 Å². The van der Waals surface area contributed by atoms with Crippen LogP contribution in [0.1, 0.15) is 25.7 Å². The molecule has 0 aliphatic carbocycles. The van der Waals surface area contributed by atoms with E-state index in [0.717, 1.165) is 26.1 Å². The summed E-state index contributed by atoms with van der Waals surface area (Å²) in [6.07, 6.45) is 8.56. The van der Waals surface area contributed by atoms with Crippen molar-refractivity contribution in [3.8, 4) is 12.3 Å². The van der Waals surface area contributed by atoms with Gasteiger partial charge in [-0.3, -0.25) is 4.79 Å². The summed E-state index contributed by atoms with van der Waals surface area (Å²) in [5.74, 6) is 3.34. The van der Waals surface area contributed by atoms with Crippen molar-refractivity contribution in [2.24, 2.45) is 5.92 Å². The van der Waals surface area contributed by atoms with Crippen molar-refractivity contribution in [3.05, 3.63) is 0 Å². The Hall–Kier alpha value is -1.01. The molecule has 1 heterocycles. The molecule has 1 aliphatic heterocycles. The molecule has 1 atom stereocenters. The highest BCUT2D eigenvalue weighted by Crippen LogP contribution is 2.16. The van der Waals surface area contributed by atoms with Gasteiger partial charge in [-0.15, -0.1) is 12.3 Å². The first-order valence-electron chi connectivity index (χ1n) is 5.63. The highest BCUT2D eigenvalue weighted by molar-refractivity contribution is 5.76. The highest BCUT2D eigenvalue weighted by atomic mass is 16.2. The first-order chi connectivity index (χ1) is 7.27. The van der Waals surface area contributed by atoms with Crippen molar-refractivity contribution in [1.82, 2.24) is 10.2 Å². The van der Waals surface area contributed by atoms with E-state index < -0.39 is 0 Å². The summed E-state index contributed by atoms with van der Waals surface area (Å²) < 4.78 is 0. The van der Waals surface area contributed by atoms with Gasteiger partial charge in [0.25, 0.3) is 0 Å². The highest BCUT2D eigenvalue weighted by Gasteiger charge is 2.22. The smallest absolute Gasteiger partial charge is 0.223 e. The number of terminal acetylenes is 1. The number of nitrogens with one attached hydrogen (secondary N) is 1. The van der Waals surface area contributed by atoms with E-state index in [1.807, 2.05) is 11.9 Å². The Morgan fingerprint density at radius 3 is 3.13 bits per heavy atom. The van der Waals surface area contributed by atoms with Gasteiger partial charge in [-0.05, 0) is 32.4 Å². The van der Waals surface area contributed by atoms with E-state index in [9.17, 15) is 4.79 Å². The summed E-state index contributed by atoms with van der Waals surface area (Å²) in [5, 5.41) is 3.17. The first kappa shape index (κ1) is 12.1. The van der Waals surface area contributed by atoms with E-state index in [1.54, 1.807) is 0 Å². The first-order valence-corrected chi connectivity index (χ1v) is 5.63. The summed E-state index contributed by atoms with van der Waals surface area (Å²) >= 11 is 0. The van der Waals surface area contributed by atoms with Crippen molar-refractivity contribution in [3.63, 3.8) is 0 Å². The Morgan fingerprint density at radius 1 is 1.67 bits per heavy atom. The molecular formula is C12H20N2O.